The highest BCUT2D eigenvalue weighted by Crippen LogP contribution is 2.15. The molecule has 0 bridgehead atoms. The van der Waals surface area contributed by atoms with Gasteiger partial charge < -0.3 is 25.2 Å². The van der Waals surface area contributed by atoms with Gasteiger partial charge in [0.2, 0.25) is 5.91 Å². The number of carbonyl (C=O) groups is 1. The fourth-order valence-corrected chi connectivity index (χ4v) is 2.44. The minimum absolute atomic E-state index is 0.0142. The molecule has 23 heavy (non-hydrogen) atoms. The number of nitrogens with zero attached hydrogens (tertiary/aromatic N) is 1. The first-order valence-corrected chi connectivity index (χ1v) is 7.41. The third-order valence-electron chi connectivity index (χ3n) is 3.68. The van der Waals surface area contributed by atoms with E-state index >= 15 is 0 Å². The fraction of sp³-hybridized carbons (Fsp3) is 0.500. The van der Waals surface area contributed by atoms with Gasteiger partial charge in [0.1, 0.15) is 12.7 Å². The maximum Gasteiger partial charge on any atom is 0.246 e. The van der Waals surface area contributed by atoms with Crippen LogP contribution < -0.4 is 10.6 Å². The molecule has 1 saturated heterocycles. The molecular formula is C16H21N3O4. The smallest absolute Gasteiger partial charge is 0.246 e. The molecule has 1 aliphatic heterocycles. The van der Waals surface area contributed by atoms with Gasteiger partial charge in [-0.1, -0.05) is 12.1 Å². The maximum atomic E-state index is 11.3. The van der Waals surface area contributed by atoms with Crippen LogP contribution >= 0.6 is 0 Å². The highest BCUT2D eigenvalue weighted by atomic mass is 16.5. The lowest BCUT2D eigenvalue weighted by molar-refractivity contribution is -0.125. The van der Waals surface area contributed by atoms with E-state index in [1.165, 1.54) is 7.11 Å². The molecule has 1 aromatic rings. The van der Waals surface area contributed by atoms with Crippen molar-refractivity contribution in [1.29, 1.82) is 5.26 Å². The molecule has 7 heteroatoms. The van der Waals surface area contributed by atoms with Crippen molar-refractivity contribution in [3.63, 3.8) is 0 Å². The molecule has 7 nitrogen and oxygen atoms in total. The highest BCUT2D eigenvalue weighted by molar-refractivity contribution is 5.77. The van der Waals surface area contributed by atoms with Crippen LogP contribution in [0.1, 0.15) is 11.1 Å². The summed E-state index contributed by atoms with van der Waals surface area (Å²) in [5.41, 5.74) is 1.57. The first-order chi connectivity index (χ1) is 11.1. The number of rotatable bonds is 7. The van der Waals surface area contributed by atoms with Crippen molar-refractivity contribution in [3.8, 4) is 6.07 Å². The Balaban J connectivity index is 1.79. The van der Waals surface area contributed by atoms with Crippen LogP contribution in [0.4, 0.5) is 0 Å². The van der Waals surface area contributed by atoms with Gasteiger partial charge >= 0.3 is 0 Å². The first-order valence-electron chi connectivity index (χ1n) is 7.41. The van der Waals surface area contributed by atoms with E-state index in [4.69, 9.17) is 14.7 Å². The van der Waals surface area contributed by atoms with E-state index in [0.29, 0.717) is 18.7 Å². The van der Waals surface area contributed by atoms with E-state index in [9.17, 15) is 9.90 Å². The summed E-state index contributed by atoms with van der Waals surface area (Å²) in [4.78, 5) is 11.3. The van der Waals surface area contributed by atoms with Crippen LogP contribution in [0.5, 0.6) is 0 Å². The molecule has 1 amide bonds. The van der Waals surface area contributed by atoms with Crippen LogP contribution in [0.2, 0.25) is 0 Å². The molecule has 1 aliphatic rings. The standard InChI is InChI=1S/C16H21N3O4/c1-22-10-15(20)19-8-14-16(21)13(9-23-14)18-7-12-4-2-3-11(5-12)6-17/h2-5,13-14,16,18,21H,7-10H2,1H3,(H,19,20)/t13-,14-,16+/m1/s1. The zero-order chi connectivity index (χ0) is 16.7. The van der Waals surface area contributed by atoms with Crippen molar-refractivity contribution in [3.05, 3.63) is 35.4 Å². The summed E-state index contributed by atoms with van der Waals surface area (Å²) < 4.78 is 10.2. The molecular weight excluding hydrogens is 298 g/mol. The van der Waals surface area contributed by atoms with Gasteiger partial charge in [0.15, 0.2) is 0 Å². The molecule has 124 valence electrons. The van der Waals surface area contributed by atoms with Crippen LogP contribution in [0.15, 0.2) is 24.3 Å². The lowest BCUT2D eigenvalue weighted by Crippen LogP contribution is -2.45. The Kier molecular flexibility index (Phi) is 6.50. The lowest BCUT2D eigenvalue weighted by Gasteiger charge is -2.19. The lowest BCUT2D eigenvalue weighted by atomic mass is 10.1. The number of ether oxygens (including phenoxy) is 2. The normalized spacial score (nSPS) is 23.4. The monoisotopic (exact) mass is 319 g/mol. The Hall–Kier alpha value is -1.98. The molecule has 0 aromatic heterocycles. The largest absolute Gasteiger partial charge is 0.389 e. The van der Waals surface area contributed by atoms with Gasteiger partial charge in [-0.15, -0.1) is 0 Å². The van der Waals surface area contributed by atoms with Crippen LogP contribution in [-0.4, -0.2) is 56.1 Å². The van der Waals surface area contributed by atoms with E-state index < -0.39 is 12.2 Å². The molecule has 1 heterocycles. The van der Waals surface area contributed by atoms with Crippen LogP contribution in [0.25, 0.3) is 0 Å². The predicted molar refractivity (Wildman–Crippen MR) is 82.4 cm³/mol. The van der Waals surface area contributed by atoms with Crippen LogP contribution in [0, 0.1) is 11.3 Å². The van der Waals surface area contributed by atoms with E-state index in [2.05, 4.69) is 16.7 Å². The molecule has 2 rings (SSSR count). The minimum atomic E-state index is -0.711. The maximum absolute atomic E-state index is 11.3. The first kappa shape index (κ1) is 17.4. The Bertz CT molecular complexity index is 573. The summed E-state index contributed by atoms with van der Waals surface area (Å²) in [6, 6.07) is 9.17. The Labute approximate surface area is 135 Å². The van der Waals surface area contributed by atoms with E-state index in [0.717, 1.165) is 5.56 Å². The predicted octanol–water partition coefficient (Wildman–Crippen LogP) is -0.461. The molecule has 3 atom stereocenters. The zero-order valence-electron chi connectivity index (χ0n) is 13.0. The Morgan fingerprint density at radius 2 is 2.39 bits per heavy atom. The van der Waals surface area contributed by atoms with Crippen molar-refractivity contribution in [2.24, 2.45) is 0 Å². The SMILES string of the molecule is COCC(=O)NC[C@H]1OC[C@@H](NCc2cccc(C#N)c2)[C@@H]1O. The van der Waals surface area contributed by atoms with Crippen LogP contribution in [0.3, 0.4) is 0 Å². The Morgan fingerprint density at radius 1 is 1.57 bits per heavy atom. The molecule has 0 aliphatic carbocycles. The number of nitrogens with one attached hydrogen (secondary N) is 2. The number of aliphatic hydroxyl groups is 1. The average molecular weight is 319 g/mol. The quantitative estimate of drug-likeness (QED) is 0.628. The van der Waals surface area contributed by atoms with Crippen molar-refractivity contribution >= 4 is 5.91 Å². The molecule has 1 fully saturated rings. The second-order valence-corrected chi connectivity index (χ2v) is 5.40. The van der Waals surface area contributed by atoms with E-state index in [-0.39, 0.29) is 25.1 Å². The third-order valence-corrected chi connectivity index (χ3v) is 3.68. The van der Waals surface area contributed by atoms with Gasteiger partial charge in [0.05, 0.1) is 30.4 Å². The van der Waals surface area contributed by atoms with Gasteiger partial charge in [0, 0.05) is 20.2 Å². The topological polar surface area (TPSA) is 104 Å². The number of aliphatic hydroxyl groups excluding tert-OH is 1. The second kappa shape index (κ2) is 8.60. The Morgan fingerprint density at radius 3 is 3.13 bits per heavy atom. The molecule has 1 aromatic carbocycles. The molecule has 3 N–H and O–H groups in total. The zero-order valence-corrected chi connectivity index (χ0v) is 13.0. The number of hydrogen-bond donors (Lipinski definition) is 3. The van der Waals surface area contributed by atoms with Gasteiger partial charge in [-0.25, -0.2) is 0 Å². The van der Waals surface area contributed by atoms with Crippen molar-refractivity contribution < 1.29 is 19.4 Å². The van der Waals surface area contributed by atoms with Crippen LogP contribution in [-0.2, 0) is 20.8 Å². The molecule has 0 spiro atoms. The summed E-state index contributed by atoms with van der Waals surface area (Å²) in [5, 5.41) is 25.0. The van der Waals surface area contributed by atoms with Gasteiger partial charge in [0.25, 0.3) is 0 Å². The number of carbonyl (C=O) groups excluding carboxylic acids is 1. The summed E-state index contributed by atoms with van der Waals surface area (Å²) in [6.07, 6.45) is -1.16. The van der Waals surface area contributed by atoms with Gasteiger partial charge in [-0.2, -0.15) is 5.26 Å². The number of amides is 1. The number of hydrogen-bond acceptors (Lipinski definition) is 6. The van der Waals surface area contributed by atoms with Crippen molar-refractivity contribution in [2.45, 2.75) is 24.8 Å². The van der Waals surface area contributed by atoms with Crippen molar-refractivity contribution in [1.82, 2.24) is 10.6 Å². The van der Waals surface area contributed by atoms with Gasteiger partial charge in [-0.05, 0) is 17.7 Å². The number of methoxy groups -OCH3 is 1. The highest BCUT2D eigenvalue weighted by Gasteiger charge is 2.35. The third kappa shape index (κ3) is 5.01. The van der Waals surface area contributed by atoms with E-state index in [1.54, 1.807) is 12.1 Å². The summed E-state index contributed by atoms with van der Waals surface area (Å²) in [7, 11) is 1.45. The summed E-state index contributed by atoms with van der Waals surface area (Å²) in [5.74, 6) is -0.243. The number of nitriles is 1. The molecule has 0 saturated carbocycles. The fourth-order valence-electron chi connectivity index (χ4n) is 2.44. The summed E-state index contributed by atoms with van der Waals surface area (Å²) >= 11 is 0. The molecule has 0 radical (unpaired) electrons. The van der Waals surface area contributed by atoms with Crippen molar-refractivity contribution in [2.75, 3.05) is 26.9 Å². The second-order valence-electron chi connectivity index (χ2n) is 5.40. The minimum Gasteiger partial charge on any atom is -0.389 e. The number of benzene rings is 1. The van der Waals surface area contributed by atoms with Gasteiger partial charge in [-0.3, -0.25) is 4.79 Å². The van der Waals surface area contributed by atoms with E-state index in [1.807, 2.05) is 12.1 Å². The molecule has 0 unspecified atom stereocenters. The average Bonchev–Trinajstić information content (AvgIpc) is 2.91. The summed E-state index contributed by atoms with van der Waals surface area (Å²) in [6.45, 7) is 1.12.